The van der Waals surface area contributed by atoms with Gasteiger partial charge in [0.05, 0.1) is 13.1 Å². The van der Waals surface area contributed by atoms with Crippen molar-refractivity contribution in [3.05, 3.63) is 23.9 Å². The lowest BCUT2D eigenvalue weighted by molar-refractivity contribution is 0.0253. The Morgan fingerprint density at radius 3 is 2.81 bits per heavy atom. The zero-order valence-corrected chi connectivity index (χ0v) is 8.41. The van der Waals surface area contributed by atoms with Crippen molar-refractivity contribution >= 4 is 11.7 Å². The Morgan fingerprint density at radius 2 is 2.25 bits per heavy atom. The van der Waals surface area contributed by atoms with Crippen LogP contribution in [-0.2, 0) is 0 Å². The number of primary amides is 1. The van der Waals surface area contributed by atoms with Crippen molar-refractivity contribution in [1.29, 1.82) is 0 Å². The first-order chi connectivity index (χ1) is 7.44. The normalized spacial score (nSPS) is 11.2. The summed E-state index contributed by atoms with van der Waals surface area (Å²) in [6.45, 7) is -1.39. The van der Waals surface area contributed by atoms with Crippen LogP contribution in [-0.4, -0.2) is 29.9 Å². The van der Waals surface area contributed by atoms with Crippen molar-refractivity contribution in [3.8, 4) is 0 Å². The summed E-state index contributed by atoms with van der Waals surface area (Å²) in [6, 6.07) is 2.70. The van der Waals surface area contributed by atoms with Crippen LogP contribution in [0.5, 0.6) is 0 Å². The monoisotopic (exact) mass is 230 g/mol. The van der Waals surface area contributed by atoms with Gasteiger partial charge in [-0.15, -0.1) is 0 Å². The zero-order valence-electron chi connectivity index (χ0n) is 8.41. The molecular weight excluding hydrogens is 218 g/mol. The molecule has 5 nitrogen and oxygen atoms in total. The first-order valence-corrected chi connectivity index (χ1v) is 4.52. The Hall–Kier alpha value is -1.76. The maximum absolute atomic E-state index is 12.8. The molecule has 16 heavy (non-hydrogen) atoms. The predicted molar refractivity (Wildman–Crippen MR) is 55.2 cm³/mol. The molecule has 0 atom stereocenters. The van der Waals surface area contributed by atoms with Crippen LogP contribution < -0.4 is 16.8 Å². The Balaban J connectivity index is 2.68. The van der Waals surface area contributed by atoms with E-state index in [0.29, 0.717) is 0 Å². The van der Waals surface area contributed by atoms with Gasteiger partial charge >= 0.3 is 0 Å². The predicted octanol–water partition coefficient (Wildman–Crippen LogP) is 0.186. The number of amides is 1. The summed E-state index contributed by atoms with van der Waals surface area (Å²) >= 11 is 0. The van der Waals surface area contributed by atoms with Gasteiger partial charge in [0.25, 0.3) is 5.92 Å². The Bertz CT molecular complexity index is 384. The summed E-state index contributed by atoms with van der Waals surface area (Å²) in [5.74, 6) is -3.50. The van der Waals surface area contributed by atoms with Crippen molar-refractivity contribution in [2.24, 2.45) is 11.5 Å². The highest BCUT2D eigenvalue weighted by Gasteiger charge is 2.26. The summed E-state index contributed by atoms with van der Waals surface area (Å²) in [5.41, 5.74) is 10.1. The number of halogens is 2. The summed E-state index contributed by atoms with van der Waals surface area (Å²) in [5, 5.41) is 2.38. The van der Waals surface area contributed by atoms with Crippen LogP contribution in [0.3, 0.4) is 0 Å². The molecule has 0 aliphatic heterocycles. The number of carbonyl (C=O) groups excluding carboxylic acids is 1. The maximum atomic E-state index is 12.8. The smallest absolute Gasteiger partial charge is 0.276 e. The number of aromatic nitrogens is 1. The van der Waals surface area contributed by atoms with Gasteiger partial charge < -0.3 is 16.8 Å². The average molecular weight is 230 g/mol. The fraction of sp³-hybridized carbons (Fsp3) is 0.333. The van der Waals surface area contributed by atoms with Gasteiger partial charge in [-0.3, -0.25) is 4.79 Å². The average Bonchev–Trinajstić information content (AvgIpc) is 2.27. The number of nitrogens with two attached hydrogens (primary N) is 2. The van der Waals surface area contributed by atoms with Crippen molar-refractivity contribution in [1.82, 2.24) is 4.98 Å². The number of rotatable bonds is 5. The van der Waals surface area contributed by atoms with Crippen LogP contribution in [0.4, 0.5) is 14.6 Å². The first-order valence-electron chi connectivity index (χ1n) is 4.52. The van der Waals surface area contributed by atoms with Crippen LogP contribution in [0.15, 0.2) is 18.3 Å². The number of nitrogens with zero attached hydrogens (tertiary/aromatic N) is 1. The van der Waals surface area contributed by atoms with Gasteiger partial charge in [-0.05, 0) is 12.1 Å². The quantitative estimate of drug-likeness (QED) is 0.672. The van der Waals surface area contributed by atoms with Gasteiger partial charge in [-0.25, -0.2) is 13.8 Å². The lowest BCUT2D eigenvalue weighted by atomic mass is 10.2. The highest BCUT2D eigenvalue weighted by molar-refractivity contribution is 5.93. The maximum Gasteiger partial charge on any atom is 0.276 e. The zero-order chi connectivity index (χ0) is 12.2. The Kier molecular flexibility index (Phi) is 3.73. The highest BCUT2D eigenvalue weighted by atomic mass is 19.3. The molecule has 0 bridgehead atoms. The van der Waals surface area contributed by atoms with Crippen molar-refractivity contribution in [2.45, 2.75) is 5.92 Å². The van der Waals surface area contributed by atoms with E-state index in [4.69, 9.17) is 11.5 Å². The van der Waals surface area contributed by atoms with E-state index in [0.717, 1.165) is 0 Å². The van der Waals surface area contributed by atoms with Gasteiger partial charge in [0, 0.05) is 11.8 Å². The summed E-state index contributed by atoms with van der Waals surface area (Å²) in [4.78, 5) is 14.6. The van der Waals surface area contributed by atoms with Crippen molar-refractivity contribution < 1.29 is 13.6 Å². The van der Waals surface area contributed by atoms with E-state index in [1.807, 2.05) is 0 Å². The molecule has 1 heterocycles. The molecule has 1 aromatic rings. The van der Waals surface area contributed by atoms with E-state index in [1.165, 1.54) is 18.3 Å². The number of alkyl halides is 2. The third-order valence-electron chi connectivity index (χ3n) is 1.87. The third kappa shape index (κ3) is 3.43. The number of anilines is 1. The van der Waals surface area contributed by atoms with Crippen LogP contribution >= 0.6 is 0 Å². The molecule has 0 saturated heterocycles. The lowest BCUT2D eigenvalue weighted by Crippen LogP contribution is -2.35. The largest absolute Gasteiger partial charge is 0.366 e. The van der Waals surface area contributed by atoms with E-state index in [1.54, 1.807) is 0 Å². The third-order valence-corrected chi connectivity index (χ3v) is 1.87. The van der Waals surface area contributed by atoms with E-state index in [-0.39, 0.29) is 11.4 Å². The fourth-order valence-corrected chi connectivity index (χ4v) is 0.973. The molecule has 0 fully saturated rings. The first kappa shape index (κ1) is 12.3. The van der Waals surface area contributed by atoms with Crippen molar-refractivity contribution in [3.63, 3.8) is 0 Å². The second-order valence-corrected chi connectivity index (χ2v) is 3.21. The number of hydrogen-bond donors (Lipinski definition) is 3. The molecule has 0 aliphatic rings. The molecule has 0 spiro atoms. The van der Waals surface area contributed by atoms with E-state index in [2.05, 4.69) is 10.3 Å². The molecule has 88 valence electrons. The second-order valence-electron chi connectivity index (χ2n) is 3.21. The molecule has 5 N–H and O–H groups in total. The number of carbonyl (C=O) groups is 1. The van der Waals surface area contributed by atoms with Gasteiger partial charge in [0.1, 0.15) is 5.82 Å². The van der Waals surface area contributed by atoms with Gasteiger partial charge in [-0.2, -0.15) is 0 Å². The minimum atomic E-state index is -3.01. The second kappa shape index (κ2) is 4.84. The topological polar surface area (TPSA) is 94.0 Å². The number of hydrogen-bond acceptors (Lipinski definition) is 4. The number of nitrogens with one attached hydrogen (secondary N) is 1. The summed E-state index contributed by atoms with van der Waals surface area (Å²) in [7, 11) is 0. The molecule has 0 saturated carbocycles. The summed E-state index contributed by atoms with van der Waals surface area (Å²) in [6.07, 6.45) is 1.31. The molecule has 0 unspecified atom stereocenters. The molecule has 1 amide bonds. The van der Waals surface area contributed by atoms with E-state index < -0.39 is 24.9 Å². The Labute approximate surface area is 90.8 Å². The molecular formula is C9H12F2N4O. The standard InChI is InChI=1S/C9H12F2N4O/c10-9(11,4-12)5-15-7-3-6(8(13)16)1-2-14-7/h1-3H,4-5,12H2,(H2,13,16)(H,14,15). The number of pyridine rings is 1. The van der Waals surface area contributed by atoms with Gasteiger partial charge in [-0.1, -0.05) is 0 Å². The molecule has 0 aliphatic carbocycles. The van der Waals surface area contributed by atoms with E-state index in [9.17, 15) is 13.6 Å². The minimum Gasteiger partial charge on any atom is -0.366 e. The van der Waals surface area contributed by atoms with Crippen molar-refractivity contribution in [2.75, 3.05) is 18.4 Å². The van der Waals surface area contributed by atoms with Crippen LogP contribution in [0.2, 0.25) is 0 Å². The molecule has 0 radical (unpaired) electrons. The van der Waals surface area contributed by atoms with Gasteiger partial charge in [0.2, 0.25) is 5.91 Å². The molecule has 1 aromatic heterocycles. The van der Waals surface area contributed by atoms with Crippen LogP contribution in [0, 0.1) is 0 Å². The molecule has 1 rings (SSSR count). The highest BCUT2D eigenvalue weighted by Crippen LogP contribution is 2.13. The van der Waals surface area contributed by atoms with E-state index >= 15 is 0 Å². The Morgan fingerprint density at radius 1 is 1.56 bits per heavy atom. The lowest BCUT2D eigenvalue weighted by Gasteiger charge is -2.14. The van der Waals surface area contributed by atoms with Crippen LogP contribution in [0.1, 0.15) is 10.4 Å². The molecule has 7 heteroatoms. The van der Waals surface area contributed by atoms with Crippen LogP contribution in [0.25, 0.3) is 0 Å². The minimum absolute atomic E-state index is 0.157. The van der Waals surface area contributed by atoms with Gasteiger partial charge in [0.15, 0.2) is 0 Å². The SMILES string of the molecule is NCC(F)(F)CNc1cc(C(N)=O)ccn1. The fourth-order valence-electron chi connectivity index (χ4n) is 0.973. The summed E-state index contributed by atoms with van der Waals surface area (Å²) < 4.78 is 25.6. The molecule has 0 aromatic carbocycles.